The first-order chi connectivity index (χ1) is 6.45. The SMILES string of the molecule is Nc1c(Br)cnc(C(=O)O)c1C(F)F. The Labute approximate surface area is 85.9 Å². The Morgan fingerprint density at radius 2 is 2.21 bits per heavy atom. The third kappa shape index (κ3) is 1.82. The summed E-state index contributed by atoms with van der Waals surface area (Å²) in [6, 6.07) is 0. The van der Waals surface area contributed by atoms with E-state index in [0.29, 0.717) is 0 Å². The predicted octanol–water partition coefficient (Wildman–Crippen LogP) is 2.06. The molecule has 0 aromatic carbocycles. The molecule has 7 heteroatoms. The molecule has 0 aliphatic heterocycles. The van der Waals surface area contributed by atoms with Gasteiger partial charge in [0.2, 0.25) is 0 Å². The minimum atomic E-state index is -2.97. The Bertz CT molecular complexity index is 384. The number of aromatic nitrogens is 1. The van der Waals surface area contributed by atoms with Crippen LogP contribution in [0.3, 0.4) is 0 Å². The number of halogens is 3. The second-order valence-corrected chi connectivity index (χ2v) is 3.24. The average Bonchev–Trinajstić information content (AvgIpc) is 2.08. The van der Waals surface area contributed by atoms with Crippen LogP contribution in [0, 0.1) is 0 Å². The van der Waals surface area contributed by atoms with E-state index in [9.17, 15) is 13.6 Å². The zero-order chi connectivity index (χ0) is 10.9. The summed E-state index contributed by atoms with van der Waals surface area (Å²) in [6.07, 6.45) is -1.89. The second-order valence-electron chi connectivity index (χ2n) is 2.39. The van der Waals surface area contributed by atoms with Crippen molar-refractivity contribution in [3.63, 3.8) is 0 Å². The quantitative estimate of drug-likeness (QED) is 0.859. The van der Waals surface area contributed by atoms with Gasteiger partial charge in [0, 0.05) is 6.20 Å². The van der Waals surface area contributed by atoms with Crippen molar-refractivity contribution in [2.75, 3.05) is 5.73 Å². The van der Waals surface area contributed by atoms with Gasteiger partial charge in [-0.05, 0) is 15.9 Å². The molecule has 1 aromatic rings. The maximum absolute atomic E-state index is 12.4. The van der Waals surface area contributed by atoms with Gasteiger partial charge in [-0.15, -0.1) is 0 Å². The fraction of sp³-hybridized carbons (Fsp3) is 0.143. The number of nitrogen functional groups attached to an aromatic ring is 1. The van der Waals surface area contributed by atoms with Crippen molar-refractivity contribution in [3.8, 4) is 0 Å². The maximum Gasteiger partial charge on any atom is 0.355 e. The monoisotopic (exact) mass is 266 g/mol. The number of rotatable bonds is 2. The number of anilines is 1. The Hall–Kier alpha value is -1.24. The summed E-state index contributed by atoms with van der Waals surface area (Å²) in [5, 5.41) is 8.56. The van der Waals surface area contributed by atoms with E-state index in [-0.39, 0.29) is 10.2 Å². The van der Waals surface area contributed by atoms with Gasteiger partial charge >= 0.3 is 5.97 Å². The number of hydrogen-bond acceptors (Lipinski definition) is 3. The molecule has 0 spiro atoms. The standard InChI is InChI=1S/C7H5BrF2N2O2/c8-2-1-12-5(7(13)14)3(4(2)11)6(9)10/h1,6H,(H2,11,12)(H,13,14). The zero-order valence-electron chi connectivity index (χ0n) is 6.67. The van der Waals surface area contributed by atoms with Crippen molar-refractivity contribution in [3.05, 3.63) is 21.9 Å². The lowest BCUT2D eigenvalue weighted by Gasteiger charge is -2.08. The summed E-state index contributed by atoms with van der Waals surface area (Å²) in [5.74, 6) is -1.53. The van der Waals surface area contributed by atoms with Gasteiger partial charge in [-0.1, -0.05) is 0 Å². The molecular formula is C7H5BrF2N2O2. The first-order valence-corrected chi connectivity index (χ1v) is 4.19. The van der Waals surface area contributed by atoms with Crippen molar-refractivity contribution in [2.24, 2.45) is 0 Å². The van der Waals surface area contributed by atoms with Gasteiger partial charge in [0.1, 0.15) is 0 Å². The molecule has 76 valence electrons. The van der Waals surface area contributed by atoms with Crippen LogP contribution in [0.4, 0.5) is 14.5 Å². The van der Waals surface area contributed by atoms with Gasteiger partial charge < -0.3 is 10.8 Å². The number of carboxylic acid groups (broad SMARTS) is 1. The number of hydrogen-bond donors (Lipinski definition) is 2. The van der Waals surface area contributed by atoms with Crippen LogP contribution < -0.4 is 5.73 Å². The first kappa shape index (κ1) is 10.8. The average molecular weight is 267 g/mol. The number of aromatic carboxylic acids is 1. The Morgan fingerprint density at radius 3 is 2.64 bits per heavy atom. The molecule has 1 heterocycles. The molecule has 0 fully saturated rings. The fourth-order valence-corrected chi connectivity index (χ4v) is 1.22. The number of carbonyl (C=O) groups is 1. The molecule has 4 nitrogen and oxygen atoms in total. The lowest BCUT2D eigenvalue weighted by molar-refractivity contribution is 0.0677. The van der Waals surface area contributed by atoms with Gasteiger partial charge in [-0.3, -0.25) is 0 Å². The van der Waals surface area contributed by atoms with E-state index in [1.807, 2.05) is 0 Å². The van der Waals surface area contributed by atoms with Crippen molar-refractivity contribution in [1.82, 2.24) is 4.98 Å². The molecule has 14 heavy (non-hydrogen) atoms. The smallest absolute Gasteiger partial charge is 0.355 e. The van der Waals surface area contributed by atoms with Crippen LogP contribution in [0.5, 0.6) is 0 Å². The molecule has 0 atom stereocenters. The van der Waals surface area contributed by atoms with E-state index in [4.69, 9.17) is 10.8 Å². The van der Waals surface area contributed by atoms with Crippen LogP contribution in [-0.4, -0.2) is 16.1 Å². The summed E-state index contributed by atoms with van der Waals surface area (Å²) in [7, 11) is 0. The van der Waals surface area contributed by atoms with Gasteiger partial charge in [0.15, 0.2) is 5.69 Å². The van der Waals surface area contributed by atoms with Gasteiger partial charge in [-0.2, -0.15) is 0 Å². The molecular weight excluding hydrogens is 262 g/mol. The molecule has 0 saturated carbocycles. The summed E-state index contributed by atoms with van der Waals surface area (Å²) in [5.41, 5.74) is 3.51. The summed E-state index contributed by atoms with van der Waals surface area (Å²) < 4.78 is 25.0. The van der Waals surface area contributed by atoms with Crippen LogP contribution in [0.1, 0.15) is 22.5 Å². The number of nitrogens with two attached hydrogens (primary N) is 1. The minimum Gasteiger partial charge on any atom is -0.476 e. The number of nitrogens with zero attached hydrogens (tertiary/aromatic N) is 1. The molecule has 0 bridgehead atoms. The lowest BCUT2D eigenvalue weighted by atomic mass is 10.1. The Balaban J connectivity index is 3.45. The summed E-state index contributed by atoms with van der Waals surface area (Å²) >= 11 is 2.88. The zero-order valence-corrected chi connectivity index (χ0v) is 8.25. The normalized spacial score (nSPS) is 10.6. The Kier molecular flexibility index (Phi) is 3.00. The minimum absolute atomic E-state index is 0.151. The lowest BCUT2D eigenvalue weighted by Crippen LogP contribution is -2.09. The first-order valence-electron chi connectivity index (χ1n) is 3.40. The molecule has 0 aliphatic carbocycles. The third-order valence-corrected chi connectivity index (χ3v) is 2.16. The predicted molar refractivity (Wildman–Crippen MR) is 48.3 cm³/mol. The molecule has 0 saturated heterocycles. The highest BCUT2D eigenvalue weighted by Crippen LogP contribution is 2.32. The molecule has 0 aliphatic rings. The highest BCUT2D eigenvalue weighted by atomic mass is 79.9. The van der Waals surface area contributed by atoms with Crippen molar-refractivity contribution in [1.29, 1.82) is 0 Å². The van der Waals surface area contributed by atoms with E-state index >= 15 is 0 Å². The molecule has 0 unspecified atom stereocenters. The summed E-state index contributed by atoms with van der Waals surface area (Å²) in [6.45, 7) is 0. The van der Waals surface area contributed by atoms with Crippen LogP contribution in [0.15, 0.2) is 10.7 Å². The van der Waals surface area contributed by atoms with E-state index in [1.165, 1.54) is 0 Å². The number of pyridine rings is 1. The highest BCUT2D eigenvalue weighted by Gasteiger charge is 2.23. The molecule has 1 aromatic heterocycles. The molecule has 1 rings (SSSR count). The molecule has 0 radical (unpaired) electrons. The van der Waals surface area contributed by atoms with Crippen LogP contribution in [-0.2, 0) is 0 Å². The number of carboxylic acids is 1. The van der Waals surface area contributed by atoms with Crippen molar-refractivity contribution in [2.45, 2.75) is 6.43 Å². The van der Waals surface area contributed by atoms with E-state index in [2.05, 4.69) is 20.9 Å². The van der Waals surface area contributed by atoms with E-state index in [0.717, 1.165) is 6.20 Å². The molecule has 0 amide bonds. The van der Waals surface area contributed by atoms with Crippen LogP contribution in [0.25, 0.3) is 0 Å². The van der Waals surface area contributed by atoms with Gasteiger partial charge in [-0.25, -0.2) is 18.6 Å². The number of alkyl halides is 2. The molecule has 3 N–H and O–H groups in total. The maximum atomic E-state index is 12.4. The topological polar surface area (TPSA) is 76.2 Å². The van der Waals surface area contributed by atoms with E-state index in [1.54, 1.807) is 0 Å². The summed E-state index contributed by atoms with van der Waals surface area (Å²) in [4.78, 5) is 13.9. The van der Waals surface area contributed by atoms with Gasteiger partial charge in [0.25, 0.3) is 6.43 Å². The van der Waals surface area contributed by atoms with Crippen LogP contribution in [0.2, 0.25) is 0 Å². The highest BCUT2D eigenvalue weighted by molar-refractivity contribution is 9.10. The van der Waals surface area contributed by atoms with Crippen molar-refractivity contribution < 1.29 is 18.7 Å². The second kappa shape index (κ2) is 3.87. The Morgan fingerprint density at radius 1 is 1.64 bits per heavy atom. The van der Waals surface area contributed by atoms with Crippen LogP contribution >= 0.6 is 15.9 Å². The third-order valence-electron chi connectivity index (χ3n) is 1.53. The fourth-order valence-electron chi connectivity index (χ4n) is 0.908. The van der Waals surface area contributed by atoms with E-state index < -0.39 is 23.7 Å². The largest absolute Gasteiger partial charge is 0.476 e. The van der Waals surface area contributed by atoms with Crippen molar-refractivity contribution >= 4 is 27.6 Å². The van der Waals surface area contributed by atoms with Gasteiger partial charge in [0.05, 0.1) is 15.7 Å².